The summed E-state index contributed by atoms with van der Waals surface area (Å²) < 4.78 is 5.50. The molecule has 1 aliphatic rings. The standard InChI is InChI=1S/C16H19ClN2O/c17-14-5-1-4-13-6-7-15(19-16(13)14)18-9-8-12-3-2-10-20-11-12/h1,4-7,12H,2-3,8-11H2,(H,18,19)/t12-/m0/s1. The number of hydrogen-bond acceptors (Lipinski definition) is 3. The maximum absolute atomic E-state index is 6.18. The van der Waals surface area contributed by atoms with Crippen molar-refractivity contribution in [2.24, 2.45) is 5.92 Å². The van der Waals surface area contributed by atoms with E-state index in [2.05, 4.69) is 16.4 Å². The Kier molecular flexibility index (Phi) is 4.38. The van der Waals surface area contributed by atoms with Crippen molar-refractivity contribution in [3.63, 3.8) is 0 Å². The first kappa shape index (κ1) is 13.7. The van der Waals surface area contributed by atoms with Gasteiger partial charge in [-0.25, -0.2) is 4.98 Å². The number of pyridine rings is 1. The van der Waals surface area contributed by atoms with Gasteiger partial charge in [-0.1, -0.05) is 23.7 Å². The minimum atomic E-state index is 0.681. The van der Waals surface area contributed by atoms with Crippen molar-refractivity contribution in [2.75, 3.05) is 25.1 Å². The lowest BCUT2D eigenvalue weighted by Crippen LogP contribution is -2.20. The molecule has 1 aromatic carbocycles. The summed E-state index contributed by atoms with van der Waals surface area (Å²) in [6.07, 6.45) is 3.59. The number of ether oxygens (including phenoxy) is 1. The molecule has 2 heterocycles. The van der Waals surface area contributed by atoms with Crippen molar-refractivity contribution < 1.29 is 4.74 Å². The molecule has 0 radical (unpaired) electrons. The van der Waals surface area contributed by atoms with Gasteiger partial charge in [0, 0.05) is 25.1 Å². The average molecular weight is 291 g/mol. The highest BCUT2D eigenvalue weighted by molar-refractivity contribution is 6.35. The van der Waals surface area contributed by atoms with E-state index in [9.17, 15) is 0 Å². The molecule has 3 nitrogen and oxygen atoms in total. The smallest absolute Gasteiger partial charge is 0.126 e. The molecule has 0 unspecified atom stereocenters. The van der Waals surface area contributed by atoms with E-state index < -0.39 is 0 Å². The zero-order valence-corrected chi connectivity index (χ0v) is 12.2. The zero-order valence-electron chi connectivity index (χ0n) is 11.4. The van der Waals surface area contributed by atoms with Crippen LogP contribution in [-0.4, -0.2) is 24.7 Å². The lowest BCUT2D eigenvalue weighted by atomic mass is 9.99. The van der Waals surface area contributed by atoms with Gasteiger partial charge in [0.25, 0.3) is 0 Å². The predicted octanol–water partition coefficient (Wildman–Crippen LogP) is 4.12. The van der Waals surface area contributed by atoms with Gasteiger partial charge in [-0.2, -0.15) is 0 Å². The first-order valence-electron chi connectivity index (χ1n) is 7.20. The van der Waals surface area contributed by atoms with E-state index >= 15 is 0 Å². The molecule has 3 rings (SSSR count). The summed E-state index contributed by atoms with van der Waals surface area (Å²) in [4.78, 5) is 4.58. The van der Waals surface area contributed by atoms with Crippen LogP contribution in [0.4, 0.5) is 5.82 Å². The number of halogens is 1. The summed E-state index contributed by atoms with van der Waals surface area (Å²) in [6, 6.07) is 9.91. The molecule has 1 N–H and O–H groups in total. The number of aromatic nitrogens is 1. The lowest BCUT2D eigenvalue weighted by molar-refractivity contribution is 0.0530. The van der Waals surface area contributed by atoms with E-state index in [0.717, 1.165) is 42.9 Å². The molecular formula is C16H19ClN2O. The molecule has 0 spiro atoms. The van der Waals surface area contributed by atoms with Gasteiger partial charge in [0.15, 0.2) is 0 Å². The van der Waals surface area contributed by atoms with Crippen molar-refractivity contribution in [3.05, 3.63) is 35.4 Å². The zero-order chi connectivity index (χ0) is 13.8. The van der Waals surface area contributed by atoms with Gasteiger partial charge in [-0.05, 0) is 43.4 Å². The molecule has 0 amide bonds. The average Bonchev–Trinajstić information content (AvgIpc) is 2.49. The molecular weight excluding hydrogens is 272 g/mol. The van der Waals surface area contributed by atoms with Gasteiger partial charge >= 0.3 is 0 Å². The molecule has 4 heteroatoms. The Morgan fingerprint density at radius 2 is 2.25 bits per heavy atom. The topological polar surface area (TPSA) is 34.1 Å². The Bertz CT molecular complexity index is 582. The number of benzene rings is 1. The first-order chi connectivity index (χ1) is 9.83. The van der Waals surface area contributed by atoms with E-state index in [0.29, 0.717) is 10.9 Å². The second kappa shape index (κ2) is 6.42. The molecule has 2 aromatic rings. The van der Waals surface area contributed by atoms with Gasteiger partial charge < -0.3 is 10.1 Å². The Morgan fingerprint density at radius 3 is 3.10 bits per heavy atom. The van der Waals surface area contributed by atoms with Crippen molar-refractivity contribution >= 4 is 28.3 Å². The van der Waals surface area contributed by atoms with Gasteiger partial charge in [0.05, 0.1) is 10.5 Å². The molecule has 1 aromatic heterocycles. The third-order valence-electron chi connectivity index (χ3n) is 3.78. The van der Waals surface area contributed by atoms with Gasteiger partial charge in [0.2, 0.25) is 0 Å². The van der Waals surface area contributed by atoms with E-state index in [4.69, 9.17) is 16.3 Å². The van der Waals surface area contributed by atoms with E-state index in [1.807, 2.05) is 24.3 Å². The minimum Gasteiger partial charge on any atom is -0.381 e. The number of para-hydroxylation sites is 1. The summed E-state index contributed by atoms with van der Waals surface area (Å²) in [5, 5.41) is 5.16. The van der Waals surface area contributed by atoms with Crippen LogP contribution in [0.1, 0.15) is 19.3 Å². The maximum Gasteiger partial charge on any atom is 0.126 e. The SMILES string of the molecule is Clc1cccc2ccc(NCC[C@@H]3CCCOC3)nc12. The quantitative estimate of drug-likeness (QED) is 0.920. The second-order valence-corrected chi connectivity index (χ2v) is 5.71. The number of hydrogen-bond donors (Lipinski definition) is 1. The van der Waals surface area contributed by atoms with E-state index in [1.54, 1.807) is 0 Å². The molecule has 20 heavy (non-hydrogen) atoms. The second-order valence-electron chi connectivity index (χ2n) is 5.31. The Balaban J connectivity index is 1.61. The highest BCUT2D eigenvalue weighted by Gasteiger charge is 2.13. The van der Waals surface area contributed by atoms with Crippen LogP contribution in [-0.2, 0) is 4.74 Å². The molecule has 106 valence electrons. The maximum atomic E-state index is 6.18. The normalized spacial score (nSPS) is 19.1. The van der Waals surface area contributed by atoms with Crippen LogP contribution in [0.2, 0.25) is 5.02 Å². The molecule has 0 bridgehead atoms. The predicted molar refractivity (Wildman–Crippen MR) is 83.4 cm³/mol. The molecule has 0 saturated carbocycles. The summed E-state index contributed by atoms with van der Waals surface area (Å²) in [6.45, 7) is 2.75. The Labute approximate surface area is 124 Å². The highest BCUT2D eigenvalue weighted by Crippen LogP contribution is 2.23. The van der Waals surface area contributed by atoms with Crippen LogP contribution in [0.15, 0.2) is 30.3 Å². The Hall–Kier alpha value is -1.32. The summed E-state index contributed by atoms with van der Waals surface area (Å²) >= 11 is 6.18. The van der Waals surface area contributed by atoms with Crippen molar-refractivity contribution in [3.8, 4) is 0 Å². The first-order valence-corrected chi connectivity index (χ1v) is 7.57. The molecule has 1 saturated heterocycles. The summed E-state index contributed by atoms with van der Waals surface area (Å²) in [7, 11) is 0. The number of anilines is 1. The highest BCUT2D eigenvalue weighted by atomic mass is 35.5. The van der Waals surface area contributed by atoms with Crippen LogP contribution in [0.3, 0.4) is 0 Å². The van der Waals surface area contributed by atoms with Crippen molar-refractivity contribution in [2.45, 2.75) is 19.3 Å². The van der Waals surface area contributed by atoms with Crippen LogP contribution in [0, 0.1) is 5.92 Å². The molecule has 1 fully saturated rings. The molecule has 0 aliphatic carbocycles. The van der Waals surface area contributed by atoms with Gasteiger partial charge in [0.1, 0.15) is 5.82 Å². The number of fused-ring (bicyclic) bond motifs is 1. The van der Waals surface area contributed by atoms with Crippen LogP contribution < -0.4 is 5.32 Å². The summed E-state index contributed by atoms with van der Waals surface area (Å²) in [5.41, 5.74) is 0.861. The van der Waals surface area contributed by atoms with Crippen LogP contribution in [0.25, 0.3) is 10.9 Å². The fourth-order valence-corrected chi connectivity index (χ4v) is 2.87. The fourth-order valence-electron chi connectivity index (χ4n) is 2.65. The minimum absolute atomic E-state index is 0.681. The van der Waals surface area contributed by atoms with Crippen molar-refractivity contribution in [1.82, 2.24) is 4.98 Å². The van der Waals surface area contributed by atoms with Crippen LogP contribution in [0.5, 0.6) is 0 Å². The van der Waals surface area contributed by atoms with E-state index in [1.165, 1.54) is 12.8 Å². The number of rotatable bonds is 4. The number of nitrogens with zero attached hydrogens (tertiary/aromatic N) is 1. The van der Waals surface area contributed by atoms with Gasteiger partial charge in [-0.3, -0.25) is 0 Å². The fraction of sp³-hybridized carbons (Fsp3) is 0.438. The largest absolute Gasteiger partial charge is 0.381 e. The third kappa shape index (κ3) is 3.22. The third-order valence-corrected chi connectivity index (χ3v) is 4.09. The molecule has 1 aliphatic heterocycles. The van der Waals surface area contributed by atoms with E-state index in [-0.39, 0.29) is 0 Å². The lowest BCUT2D eigenvalue weighted by Gasteiger charge is -2.22. The monoisotopic (exact) mass is 290 g/mol. The Morgan fingerprint density at radius 1 is 1.30 bits per heavy atom. The summed E-state index contributed by atoms with van der Waals surface area (Å²) in [5.74, 6) is 1.57. The number of nitrogens with one attached hydrogen (secondary N) is 1. The van der Waals surface area contributed by atoms with Gasteiger partial charge in [-0.15, -0.1) is 0 Å². The van der Waals surface area contributed by atoms with Crippen molar-refractivity contribution in [1.29, 1.82) is 0 Å². The van der Waals surface area contributed by atoms with Crippen LogP contribution >= 0.6 is 11.6 Å². The molecule has 1 atom stereocenters.